The second-order valence-electron chi connectivity index (χ2n) is 5.40. The van der Waals surface area contributed by atoms with Gasteiger partial charge in [-0.1, -0.05) is 30.7 Å². The Hall–Kier alpha value is -0.570. The molecule has 3 heteroatoms. The van der Waals surface area contributed by atoms with Crippen LogP contribution in [0, 0.1) is 0 Å². The molecule has 18 heavy (non-hydrogen) atoms. The third-order valence-corrected chi connectivity index (χ3v) is 4.26. The van der Waals surface area contributed by atoms with Gasteiger partial charge in [0.25, 0.3) is 0 Å². The van der Waals surface area contributed by atoms with Crippen LogP contribution in [-0.4, -0.2) is 30.6 Å². The second kappa shape index (κ2) is 6.05. The van der Waals surface area contributed by atoms with Crippen molar-refractivity contribution in [3.8, 4) is 0 Å². The Bertz CT molecular complexity index is 367. The number of nitrogens with one attached hydrogen (secondary N) is 1. The van der Waals surface area contributed by atoms with Gasteiger partial charge in [0, 0.05) is 29.7 Å². The quantitative estimate of drug-likeness (QED) is 0.898. The Labute approximate surface area is 115 Å². The number of hydrogen-bond donors (Lipinski definition) is 1. The van der Waals surface area contributed by atoms with Crippen molar-refractivity contribution in [1.82, 2.24) is 10.2 Å². The summed E-state index contributed by atoms with van der Waals surface area (Å²) in [6.07, 6.45) is 2.34. The van der Waals surface area contributed by atoms with Crippen LogP contribution < -0.4 is 5.32 Å². The van der Waals surface area contributed by atoms with Gasteiger partial charge in [0.2, 0.25) is 0 Å². The van der Waals surface area contributed by atoms with E-state index in [2.05, 4.69) is 43.2 Å². The molecule has 1 aliphatic rings. The maximum absolute atomic E-state index is 5.94. The molecule has 0 radical (unpaired) electrons. The SMILES string of the molecule is CCC(NC1CC(C)N(C)C1)c1ccc(Cl)cc1. The monoisotopic (exact) mass is 266 g/mol. The zero-order chi connectivity index (χ0) is 13.1. The molecule has 0 aromatic heterocycles. The van der Waals surface area contributed by atoms with Crippen molar-refractivity contribution in [2.24, 2.45) is 0 Å². The summed E-state index contributed by atoms with van der Waals surface area (Å²) >= 11 is 5.94. The predicted octanol–water partition coefficient (Wildman–Crippen LogP) is 3.47. The molecule has 1 aromatic rings. The molecule has 3 atom stereocenters. The number of benzene rings is 1. The molecule has 2 nitrogen and oxygen atoms in total. The maximum atomic E-state index is 5.94. The molecule has 0 bridgehead atoms. The van der Waals surface area contributed by atoms with Crippen molar-refractivity contribution in [2.45, 2.75) is 44.8 Å². The highest BCUT2D eigenvalue weighted by atomic mass is 35.5. The molecule has 0 aliphatic carbocycles. The third-order valence-electron chi connectivity index (χ3n) is 4.00. The number of halogens is 1. The molecule has 0 spiro atoms. The van der Waals surface area contributed by atoms with E-state index in [9.17, 15) is 0 Å². The van der Waals surface area contributed by atoms with E-state index in [1.54, 1.807) is 0 Å². The second-order valence-corrected chi connectivity index (χ2v) is 5.84. The average Bonchev–Trinajstić information content (AvgIpc) is 2.67. The zero-order valence-electron chi connectivity index (χ0n) is 11.5. The smallest absolute Gasteiger partial charge is 0.0406 e. The van der Waals surface area contributed by atoms with Crippen molar-refractivity contribution in [1.29, 1.82) is 0 Å². The summed E-state index contributed by atoms with van der Waals surface area (Å²) in [5.74, 6) is 0. The first-order chi connectivity index (χ1) is 8.60. The minimum Gasteiger partial charge on any atom is -0.306 e. The highest BCUT2D eigenvalue weighted by molar-refractivity contribution is 6.30. The maximum Gasteiger partial charge on any atom is 0.0406 e. The summed E-state index contributed by atoms with van der Waals surface area (Å²) in [5.41, 5.74) is 1.34. The first kappa shape index (κ1) is 13.9. The van der Waals surface area contributed by atoms with Crippen molar-refractivity contribution in [3.63, 3.8) is 0 Å². The molecule has 0 saturated carbocycles. The molecular formula is C15H23ClN2. The van der Waals surface area contributed by atoms with E-state index in [1.165, 1.54) is 12.0 Å². The van der Waals surface area contributed by atoms with Gasteiger partial charge in [-0.15, -0.1) is 0 Å². The van der Waals surface area contributed by atoms with Gasteiger partial charge in [0.1, 0.15) is 0 Å². The summed E-state index contributed by atoms with van der Waals surface area (Å²) in [7, 11) is 2.20. The highest BCUT2D eigenvalue weighted by Crippen LogP contribution is 2.23. The molecule has 1 heterocycles. The Morgan fingerprint density at radius 1 is 1.39 bits per heavy atom. The van der Waals surface area contributed by atoms with Crippen LogP contribution in [-0.2, 0) is 0 Å². The van der Waals surface area contributed by atoms with Crippen LogP contribution in [0.4, 0.5) is 0 Å². The lowest BCUT2D eigenvalue weighted by molar-refractivity contribution is 0.324. The van der Waals surface area contributed by atoms with Gasteiger partial charge >= 0.3 is 0 Å². The van der Waals surface area contributed by atoms with Crippen molar-refractivity contribution in [2.75, 3.05) is 13.6 Å². The summed E-state index contributed by atoms with van der Waals surface area (Å²) in [5, 5.41) is 4.59. The van der Waals surface area contributed by atoms with Gasteiger partial charge in [-0.3, -0.25) is 0 Å². The number of hydrogen-bond acceptors (Lipinski definition) is 2. The first-order valence-corrected chi connectivity index (χ1v) is 7.19. The van der Waals surface area contributed by atoms with Gasteiger partial charge in [0.15, 0.2) is 0 Å². The van der Waals surface area contributed by atoms with E-state index < -0.39 is 0 Å². The lowest BCUT2D eigenvalue weighted by Gasteiger charge is -2.22. The molecule has 1 aromatic carbocycles. The van der Waals surface area contributed by atoms with Crippen LogP contribution in [0.1, 0.15) is 38.3 Å². The third kappa shape index (κ3) is 3.25. The van der Waals surface area contributed by atoms with Crippen LogP contribution in [0.15, 0.2) is 24.3 Å². The lowest BCUT2D eigenvalue weighted by atomic mass is 10.0. The molecule has 1 N–H and O–H groups in total. The van der Waals surface area contributed by atoms with Gasteiger partial charge in [-0.2, -0.15) is 0 Å². The first-order valence-electron chi connectivity index (χ1n) is 6.82. The van der Waals surface area contributed by atoms with E-state index in [0.717, 1.165) is 18.0 Å². The Kier molecular flexibility index (Phi) is 4.66. The highest BCUT2D eigenvalue weighted by Gasteiger charge is 2.27. The van der Waals surface area contributed by atoms with Crippen LogP contribution in [0.2, 0.25) is 5.02 Å². The van der Waals surface area contributed by atoms with Crippen molar-refractivity contribution < 1.29 is 0 Å². The van der Waals surface area contributed by atoms with Crippen LogP contribution in [0.3, 0.4) is 0 Å². The number of nitrogens with zero attached hydrogens (tertiary/aromatic N) is 1. The average molecular weight is 267 g/mol. The minimum atomic E-state index is 0.436. The predicted molar refractivity (Wildman–Crippen MR) is 78.1 cm³/mol. The Morgan fingerprint density at radius 3 is 2.56 bits per heavy atom. The molecular weight excluding hydrogens is 244 g/mol. The topological polar surface area (TPSA) is 15.3 Å². The van der Waals surface area contributed by atoms with E-state index >= 15 is 0 Å². The molecule has 1 saturated heterocycles. The summed E-state index contributed by atoms with van der Waals surface area (Å²) in [6, 6.07) is 9.94. The molecule has 100 valence electrons. The van der Waals surface area contributed by atoms with Gasteiger partial charge in [-0.25, -0.2) is 0 Å². The van der Waals surface area contributed by atoms with Crippen LogP contribution in [0.25, 0.3) is 0 Å². The van der Waals surface area contributed by atoms with E-state index in [-0.39, 0.29) is 0 Å². The number of likely N-dealkylation sites (tertiary alicyclic amines) is 1. The van der Waals surface area contributed by atoms with E-state index in [1.807, 2.05) is 12.1 Å². The molecule has 1 fully saturated rings. The fourth-order valence-corrected chi connectivity index (χ4v) is 2.87. The van der Waals surface area contributed by atoms with Crippen LogP contribution in [0.5, 0.6) is 0 Å². The van der Waals surface area contributed by atoms with Gasteiger partial charge < -0.3 is 10.2 Å². The van der Waals surface area contributed by atoms with E-state index in [4.69, 9.17) is 11.6 Å². The minimum absolute atomic E-state index is 0.436. The largest absolute Gasteiger partial charge is 0.306 e. The molecule has 3 unspecified atom stereocenters. The van der Waals surface area contributed by atoms with Gasteiger partial charge in [-0.05, 0) is 44.5 Å². The standard InChI is InChI=1S/C15H23ClN2/c1-4-15(12-5-7-13(16)8-6-12)17-14-9-11(2)18(3)10-14/h5-8,11,14-15,17H,4,9-10H2,1-3H3. The normalized spacial score (nSPS) is 26.4. The summed E-state index contributed by atoms with van der Waals surface area (Å²) in [6.45, 7) is 5.67. The summed E-state index contributed by atoms with van der Waals surface area (Å²) < 4.78 is 0. The molecule has 2 rings (SSSR count). The lowest BCUT2D eigenvalue weighted by Crippen LogP contribution is -2.34. The Morgan fingerprint density at radius 2 is 2.06 bits per heavy atom. The molecule has 0 amide bonds. The number of likely N-dealkylation sites (N-methyl/N-ethyl adjacent to an activating group) is 1. The van der Waals surface area contributed by atoms with E-state index in [0.29, 0.717) is 18.1 Å². The van der Waals surface area contributed by atoms with Crippen molar-refractivity contribution in [3.05, 3.63) is 34.9 Å². The van der Waals surface area contributed by atoms with Crippen molar-refractivity contribution >= 4 is 11.6 Å². The zero-order valence-corrected chi connectivity index (χ0v) is 12.2. The van der Waals surface area contributed by atoms with Gasteiger partial charge in [0.05, 0.1) is 0 Å². The Balaban J connectivity index is 1.99. The number of rotatable bonds is 4. The van der Waals surface area contributed by atoms with Crippen LogP contribution >= 0.6 is 11.6 Å². The fraction of sp³-hybridized carbons (Fsp3) is 0.600. The molecule has 1 aliphatic heterocycles. The fourth-order valence-electron chi connectivity index (χ4n) is 2.74. The summed E-state index contributed by atoms with van der Waals surface area (Å²) in [4.78, 5) is 2.42.